The summed E-state index contributed by atoms with van der Waals surface area (Å²) in [5.74, 6) is -1.47. The van der Waals surface area contributed by atoms with Crippen molar-refractivity contribution in [2.24, 2.45) is 5.92 Å². The first-order valence-corrected chi connectivity index (χ1v) is 15.2. The van der Waals surface area contributed by atoms with Crippen LogP contribution in [0.1, 0.15) is 39.5 Å². The monoisotopic (exact) mass is 619 g/mol. The maximum absolute atomic E-state index is 14.0. The molecule has 2 unspecified atom stereocenters. The van der Waals surface area contributed by atoms with Crippen LogP contribution < -0.4 is 20.9 Å². The Morgan fingerprint density at radius 3 is 2.44 bits per heavy atom. The molecule has 0 spiro atoms. The molecule has 1 fully saturated rings. The van der Waals surface area contributed by atoms with Gasteiger partial charge in [0.05, 0.1) is 18.8 Å². The molecular weight excluding hydrogens is 584 g/mol. The SMILES string of the molecule is Cc1cc(-c2ccc(OP(=O)(N[C@@H](C)C(=O)OC(C)C)OCC3O[C@@H](n4ccc(=O)[nH]c4=O)[C@@H](C)[C@@H]3O)cc2)ccc1F. The number of hydrogen-bond acceptors (Lipinski definition) is 9. The van der Waals surface area contributed by atoms with Crippen LogP contribution in [0.25, 0.3) is 11.1 Å². The number of carbonyl (C=O) groups excluding carboxylic acids is 1. The molecule has 2 aromatic carbocycles. The van der Waals surface area contributed by atoms with Gasteiger partial charge in [-0.15, -0.1) is 0 Å². The minimum atomic E-state index is -4.31. The summed E-state index contributed by atoms with van der Waals surface area (Å²) in [6.45, 7) is 7.65. The number of aryl methyl sites for hydroxylation is 1. The molecule has 1 aliphatic rings. The summed E-state index contributed by atoms with van der Waals surface area (Å²) in [5.41, 5.74) is 0.715. The number of rotatable bonds is 11. The number of aromatic amines is 1. The highest BCUT2D eigenvalue weighted by Gasteiger charge is 2.44. The zero-order valence-corrected chi connectivity index (χ0v) is 25.2. The molecule has 4 rings (SSSR count). The van der Waals surface area contributed by atoms with Crippen molar-refractivity contribution < 1.29 is 37.4 Å². The third-order valence-electron chi connectivity index (χ3n) is 6.85. The van der Waals surface area contributed by atoms with Crippen molar-refractivity contribution in [3.63, 3.8) is 0 Å². The largest absolute Gasteiger partial charge is 0.462 e. The molecule has 0 radical (unpaired) electrons. The number of halogens is 1. The Kier molecular flexibility index (Phi) is 10.0. The lowest BCUT2D eigenvalue weighted by atomic mass is 10.0. The van der Waals surface area contributed by atoms with Gasteiger partial charge >= 0.3 is 19.4 Å². The Hall–Kier alpha value is -3.61. The van der Waals surface area contributed by atoms with Gasteiger partial charge in [0.15, 0.2) is 0 Å². The van der Waals surface area contributed by atoms with Crippen molar-refractivity contribution in [3.8, 4) is 16.9 Å². The fourth-order valence-corrected chi connectivity index (χ4v) is 6.03. The quantitative estimate of drug-likeness (QED) is 0.214. The van der Waals surface area contributed by atoms with Gasteiger partial charge in [0.25, 0.3) is 5.56 Å². The zero-order chi connectivity index (χ0) is 31.5. The van der Waals surface area contributed by atoms with Crippen molar-refractivity contribution in [3.05, 3.63) is 86.9 Å². The van der Waals surface area contributed by atoms with E-state index in [2.05, 4.69) is 10.1 Å². The number of hydrogen-bond donors (Lipinski definition) is 3. The molecule has 12 nitrogen and oxygen atoms in total. The standard InChI is InChI=1S/C29H35FN3O9P/c1-16(2)40-28(36)19(5)32-43(38,42-22-9-6-20(7-10-22)21-8-11-23(30)17(3)14-21)39-15-24-26(35)18(4)27(41-24)33-13-12-25(34)31-29(33)37/h6-14,16,18-19,24,26-27,35H,15H2,1-5H3,(H,32,38)(H,31,34,37)/t18-,19-,24?,26-,27+,43?/m0/s1. The van der Waals surface area contributed by atoms with E-state index in [4.69, 9.17) is 18.5 Å². The lowest BCUT2D eigenvalue weighted by molar-refractivity contribution is -0.149. The van der Waals surface area contributed by atoms with Gasteiger partial charge in [-0.25, -0.2) is 13.8 Å². The second kappa shape index (κ2) is 13.4. The van der Waals surface area contributed by atoms with Crippen LogP contribution in [0.5, 0.6) is 5.75 Å². The van der Waals surface area contributed by atoms with E-state index in [0.29, 0.717) is 5.56 Å². The normalized spacial score (nSPS) is 22.2. The first kappa shape index (κ1) is 32.3. The second-order valence-corrected chi connectivity index (χ2v) is 12.3. The molecule has 2 heterocycles. The number of ether oxygens (including phenoxy) is 2. The van der Waals surface area contributed by atoms with Gasteiger partial charge < -0.3 is 19.1 Å². The van der Waals surface area contributed by atoms with Crippen LogP contribution in [0.2, 0.25) is 0 Å². The molecule has 3 aromatic rings. The predicted octanol–water partition coefficient (Wildman–Crippen LogP) is 3.68. The number of H-pyrrole nitrogens is 1. The number of nitrogens with zero attached hydrogens (tertiary/aromatic N) is 1. The molecule has 3 N–H and O–H groups in total. The first-order chi connectivity index (χ1) is 20.3. The van der Waals surface area contributed by atoms with Crippen LogP contribution in [0.4, 0.5) is 4.39 Å². The lowest BCUT2D eigenvalue weighted by Gasteiger charge is -2.25. The minimum Gasteiger partial charge on any atom is -0.462 e. The molecule has 43 heavy (non-hydrogen) atoms. The summed E-state index contributed by atoms with van der Waals surface area (Å²) in [5, 5.41) is 13.4. The molecule has 1 saturated heterocycles. The third-order valence-corrected chi connectivity index (χ3v) is 8.49. The van der Waals surface area contributed by atoms with Gasteiger partial charge in [-0.1, -0.05) is 25.1 Å². The van der Waals surface area contributed by atoms with Gasteiger partial charge in [-0.05, 0) is 68.7 Å². The molecule has 14 heteroatoms. The number of carbonyl (C=O) groups is 1. The summed E-state index contributed by atoms with van der Waals surface area (Å²) in [6.07, 6.45) is -2.29. The van der Waals surface area contributed by atoms with Gasteiger partial charge in [0.1, 0.15) is 29.9 Å². The molecule has 1 aromatic heterocycles. The third kappa shape index (κ3) is 7.87. The first-order valence-electron chi connectivity index (χ1n) is 13.7. The van der Waals surface area contributed by atoms with Crippen molar-refractivity contribution >= 4 is 13.7 Å². The molecule has 0 saturated carbocycles. The van der Waals surface area contributed by atoms with Crippen molar-refractivity contribution in [1.29, 1.82) is 0 Å². The highest BCUT2D eigenvalue weighted by molar-refractivity contribution is 7.52. The molecular formula is C29H35FN3O9P. The van der Waals surface area contributed by atoms with E-state index < -0.39 is 68.1 Å². The van der Waals surface area contributed by atoms with E-state index in [1.54, 1.807) is 64.1 Å². The van der Waals surface area contributed by atoms with Crippen LogP contribution >= 0.6 is 7.75 Å². The van der Waals surface area contributed by atoms with E-state index in [-0.39, 0.29) is 11.6 Å². The van der Waals surface area contributed by atoms with Gasteiger partial charge in [0.2, 0.25) is 0 Å². The summed E-state index contributed by atoms with van der Waals surface area (Å²) in [6, 6.07) is 11.2. The number of benzene rings is 2. The fourth-order valence-electron chi connectivity index (χ4n) is 4.53. The smallest absolute Gasteiger partial charge is 0.459 e. The number of esters is 1. The average molecular weight is 620 g/mol. The molecule has 0 bridgehead atoms. The maximum atomic E-state index is 14.0. The van der Waals surface area contributed by atoms with Gasteiger partial charge in [-0.2, -0.15) is 5.09 Å². The van der Waals surface area contributed by atoms with Crippen LogP contribution in [0.15, 0.2) is 64.3 Å². The Morgan fingerprint density at radius 1 is 1.14 bits per heavy atom. The van der Waals surface area contributed by atoms with Crippen LogP contribution in [0.3, 0.4) is 0 Å². The van der Waals surface area contributed by atoms with Crippen molar-refractivity contribution in [1.82, 2.24) is 14.6 Å². The Balaban J connectivity index is 1.53. The van der Waals surface area contributed by atoms with Crippen LogP contribution in [-0.2, 0) is 23.4 Å². The van der Waals surface area contributed by atoms with E-state index in [1.165, 1.54) is 19.2 Å². The molecule has 0 amide bonds. The second-order valence-electron chi connectivity index (χ2n) is 10.6. The number of aliphatic hydroxyl groups is 1. The predicted molar refractivity (Wildman–Crippen MR) is 155 cm³/mol. The highest BCUT2D eigenvalue weighted by atomic mass is 31.2. The average Bonchev–Trinajstić information content (AvgIpc) is 3.22. The van der Waals surface area contributed by atoms with E-state index in [0.717, 1.165) is 21.8 Å². The van der Waals surface area contributed by atoms with E-state index >= 15 is 0 Å². The molecule has 232 valence electrons. The number of aliphatic hydroxyl groups excluding tert-OH is 1. The van der Waals surface area contributed by atoms with Crippen molar-refractivity contribution in [2.45, 2.75) is 65.2 Å². The molecule has 0 aliphatic carbocycles. The number of aromatic nitrogens is 2. The van der Waals surface area contributed by atoms with Crippen molar-refractivity contribution in [2.75, 3.05) is 6.61 Å². The summed E-state index contributed by atoms with van der Waals surface area (Å²) >= 11 is 0. The van der Waals surface area contributed by atoms with Crippen LogP contribution in [0, 0.1) is 18.7 Å². The molecule has 1 aliphatic heterocycles. The summed E-state index contributed by atoms with van der Waals surface area (Å²) < 4.78 is 51.3. The Labute approximate surface area is 247 Å². The Morgan fingerprint density at radius 2 is 1.81 bits per heavy atom. The van der Waals surface area contributed by atoms with E-state index in [1.807, 2.05) is 0 Å². The fraction of sp³-hybridized carbons (Fsp3) is 0.414. The van der Waals surface area contributed by atoms with Crippen LogP contribution in [-0.4, -0.2) is 51.6 Å². The summed E-state index contributed by atoms with van der Waals surface area (Å²) in [7, 11) is -4.31. The highest BCUT2D eigenvalue weighted by Crippen LogP contribution is 2.46. The zero-order valence-electron chi connectivity index (χ0n) is 24.4. The lowest BCUT2D eigenvalue weighted by Crippen LogP contribution is -2.37. The maximum Gasteiger partial charge on any atom is 0.459 e. The summed E-state index contributed by atoms with van der Waals surface area (Å²) in [4.78, 5) is 38.4. The Bertz CT molecular complexity index is 1610. The minimum absolute atomic E-state index is 0.141. The topological polar surface area (TPSA) is 158 Å². The van der Waals surface area contributed by atoms with Gasteiger partial charge in [0, 0.05) is 18.2 Å². The molecule has 6 atom stereocenters. The van der Waals surface area contributed by atoms with Gasteiger partial charge in [-0.3, -0.25) is 23.7 Å². The number of nitrogens with one attached hydrogen (secondary N) is 2. The van der Waals surface area contributed by atoms with E-state index in [9.17, 15) is 28.4 Å².